The summed E-state index contributed by atoms with van der Waals surface area (Å²) in [5.41, 5.74) is 3.37. The molecular formula is C16H10O. The zero-order valence-electron chi connectivity index (χ0n) is 9.18. The van der Waals surface area contributed by atoms with Crippen LogP contribution < -0.4 is 0 Å². The van der Waals surface area contributed by atoms with Crippen molar-refractivity contribution in [1.29, 1.82) is 0 Å². The van der Waals surface area contributed by atoms with Crippen LogP contribution in [0.15, 0.2) is 65.3 Å². The molecule has 17 heavy (non-hydrogen) atoms. The van der Waals surface area contributed by atoms with Crippen molar-refractivity contribution >= 4 is 21.7 Å². The van der Waals surface area contributed by atoms with Crippen molar-refractivity contribution in [2.45, 2.75) is 0 Å². The first-order chi connectivity index (χ1) is 8.43. The molecule has 0 saturated carbocycles. The van der Waals surface area contributed by atoms with E-state index in [4.69, 9.17) is 4.42 Å². The van der Waals surface area contributed by atoms with Crippen LogP contribution in [-0.4, -0.2) is 0 Å². The highest BCUT2D eigenvalue weighted by molar-refractivity contribution is 6.12. The fourth-order valence-electron chi connectivity index (χ4n) is 2.52. The zero-order valence-corrected chi connectivity index (χ0v) is 9.18. The number of hydrogen-bond acceptors (Lipinski definition) is 1. The van der Waals surface area contributed by atoms with E-state index in [1.165, 1.54) is 21.7 Å². The third-order valence-electron chi connectivity index (χ3n) is 3.32. The van der Waals surface area contributed by atoms with Gasteiger partial charge in [-0.15, -0.1) is 0 Å². The Bertz CT molecular complexity index is 795. The molecule has 1 aliphatic carbocycles. The van der Waals surface area contributed by atoms with Crippen molar-refractivity contribution in [2.75, 3.05) is 0 Å². The first kappa shape index (κ1) is 8.82. The average Bonchev–Trinajstić information content (AvgIpc) is 2.86. The number of benzene rings is 2. The normalized spacial score (nSPS) is 11.5. The Hall–Kier alpha value is -2.28. The molecule has 0 saturated heterocycles. The Labute approximate surface area is 98.6 Å². The van der Waals surface area contributed by atoms with E-state index in [0.717, 1.165) is 11.1 Å². The lowest BCUT2D eigenvalue weighted by molar-refractivity contribution is 0.606. The van der Waals surface area contributed by atoms with E-state index < -0.39 is 0 Å². The summed E-state index contributed by atoms with van der Waals surface area (Å²) in [6.07, 6.45) is 1.83. The predicted octanol–water partition coefficient (Wildman–Crippen LogP) is 4.69. The average molecular weight is 218 g/mol. The second-order valence-corrected chi connectivity index (χ2v) is 4.29. The maximum Gasteiger partial charge on any atom is 0.135 e. The molecule has 2 aromatic rings. The summed E-state index contributed by atoms with van der Waals surface area (Å²) >= 11 is 0. The van der Waals surface area contributed by atoms with E-state index in [2.05, 4.69) is 48.5 Å². The van der Waals surface area contributed by atoms with Crippen molar-refractivity contribution in [3.8, 4) is 11.1 Å². The summed E-state index contributed by atoms with van der Waals surface area (Å²) in [5.74, 6) is 0. The molecule has 1 heteroatoms. The standard InChI is InChI=1S/C16H10O/c1-2-6-13-11(4-1)8-9-15-16(13)14-7-3-5-12(14)10-17-15/h1-10H. The van der Waals surface area contributed by atoms with E-state index in [1.807, 2.05) is 12.3 Å². The van der Waals surface area contributed by atoms with Gasteiger partial charge in [0.2, 0.25) is 0 Å². The highest BCUT2D eigenvalue weighted by Gasteiger charge is 2.11. The van der Waals surface area contributed by atoms with Crippen molar-refractivity contribution in [3.05, 3.63) is 60.9 Å². The maximum atomic E-state index is 5.69. The molecule has 4 rings (SSSR count). The first-order valence-electron chi connectivity index (χ1n) is 5.71. The fourth-order valence-corrected chi connectivity index (χ4v) is 2.52. The Kier molecular flexibility index (Phi) is 1.61. The highest BCUT2D eigenvalue weighted by atomic mass is 16.3. The van der Waals surface area contributed by atoms with E-state index in [1.54, 1.807) is 0 Å². The minimum absolute atomic E-state index is 0.947. The van der Waals surface area contributed by atoms with Gasteiger partial charge in [0.1, 0.15) is 5.58 Å². The van der Waals surface area contributed by atoms with Gasteiger partial charge >= 0.3 is 0 Å². The molecule has 80 valence electrons. The Balaban J connectivity index is 2.35. The van der Waals surface area contributed by atoms with Crippen LogP contribution in [0.4, 0.5) is 0 Å². The van der Waals surface area contributed by atoms with Gasteiger partial charge in [-0.2, -0.15) is 0 Å². The van der Waals surface area contributed by atoms with E-state index in [-0.39, 0.29) is 0 Å². The van der Waals surface area contributed by atoms with Crippen LogP contribution in [0.5, 0.6) is 0 Å². The van der Waals surface area contributed by atoms with Gasteiger partial charge in [0.15, 0.2) is 0 Å². The molecule has 0 N–H and O–H groups in total. The van der Waals surface area contributed by atoms with E-state index >= 15 is 0 Å². The molecular weight excluding hydrogens is 208 g/mol. The molecule has 2 aromatic carbocycles. The Morgan fingerprint density at radius 1 is 0.765 bits per heavy atom. The van der Waals surface area contributed by atoms with Crippen molar-refractivity contribution < 1.29 is 4.42 Å². The Morgan fingerprint density at radius 3 is 2.71 bits per heavy atom. The summed E-state index contributed by atoms with van der Waals surface area (Å²) in [5, 5.41) is 3.72. The van der Waals surface area contributed by atoms with Gasteiger partial charge < -0.3 is 4.42 Å². The van der Waals surface area contributed by atoms with Crippen molar-refractivity contribution in [3.63, 3.8) is 0 Å². The number of fused-ring (bicyclic) bond motifs is 5. The van der Waals surface area contributed by atoms with Crippen LogP contribution in [0.3, 0.4) is 0 Å². The summed E-state index contributed by atoms with van der Waals surface area (Å²) in [6, 6.07) is 18.9. The predicted molar refractivity (Wildman–Crippen MR) is 70.3 cm³/mol. The summed E-state index contributed by atoms with van der Waals surface area (Å²) in [6.45, 7) is 0. The SMILES string of the molecule is c1cc2coc3ccc4ccccc4c3c-2c1. The van der Waals surface area contributed by atoms with Crippen LogP contribution in [-0.2, 0) is 0 Å². The van der Waals surface area contributed by atoms with Crippen LogP contribution in [0.2, 0.25) is 0 Å². The molecule has 0 aromatic heterocycles. The molecule has 1 heterocycles. The van der Waals surface area contributed by atoms with Gasteiger partial charge in [-0.3, -0.25) is 0 Å². The molecule has 0 radical (unpaired) electrons. The number of rotatable bonds is 0. The molecule has 0 fully saturated rings. The largest absolute Gasteiger partial charge is 0.464 e. The maximum absolute atomic E-state index is 5.69. The third-order valence-corrected chi connectivity index (χ3v) is 3.32. The number of hydrogen-bond donors (Lipinski definition) is 0. The summed E-state index contributed by atoms with van der Waals surface area (Å²) < 4.78 is 5.69. The van der Waals surface area contributed by atoms with E-state index in [0.29, 0.717) is 0 Å². The lowest BCUT2D eigenvalue weighted by Crippen LogP contribution is -1.81. The smallest absolute Gasteiger partial charge is 0.135 e. The van der Waals surface area contributed by atoms with Crippen LogP contribution in [0, 0.1) is 0 Å². The van der Waals surface area contributed by atoms with Crippen LogP contribution in [0.1, 0.15) is 0 Å². The second-order valence-electron chi connectivity index (χ2n) is 4.29. The summed E-state index contributed by atoms with van der Waals surface area (Å²) in [7, 11) is 0. The molecule has 0 unspecified atom stereocenters. The summed E-state index contributed by atoms with van der Waals surface area (Å²) in [4.78, 5) is 0. The van der Waals surface area contributed by atoms with Gasteiger partial charge in [0.05, 0.1) is 6.26 Å². The van der Waals surface area contributed by atoms with Crippen LogP contribution in [0.25, 0.3) is 32.9 Å². The minimum atomic E-state index is 0.947. The van der Waals surface area contributed by atoms with Gasteiger partial charge in [-0.1, -0.05) is 48.5 Å². The molecule has 2 aliphatic rings. The van der Waals surface area contributed by atoms with Crippen molar-refractivity contribution in [2.24, 2.45) is 0 Å². The molecule has 1 aliphatic heterocycles. The second kappa shape index (κ2) is 3.11. The minimum Gasteiger partial charge on any atom is -0.464 e. The first-order valence-corrected chi connectivity index (χ1v) is 5.71. The van der Waals surface area contributed by atoms with Crippen molar-refractivity contribution in [1.82, 2.24) is 0 Å². The quantitative estimate of drug-likeness (QED) is 0.390. The van der Waals surface area contributed by atoms with Gasteiger partial charge in [-0.25, -0.2) is 0 Å². The lowest BCUT2D eigenvalue weighted by atomic mass is 10.0. The molecule has 0 atom stereocenters. The van der Waals surface area contributed by atoms with Gasteiger partial charge in [-0.05, 0) is 22.4 Å². The molecule has 0 spiro atoms. The monoisotopic (exact) mass is 218 g/mol. The van der Waals surface area contributed by atoms with Gasteiger partial charge in [0.25, 0.3) is 0 Å². The molecule has 0 amide bonds. The van der Waals surface area contributed by atoms with E-state index in [9.17, 15) is 0 Å². The molecule has 1 nitrogen and oxygen atoms in total. The van der Waals surface area contributed by atoms with Gasteiger partial charge in [0, 0.05) is 10.9 Å². The third kappa shape index (κ3) is 1.14. The topological polar surface area (TPSA) is 13.1 Å². The molecule has 0 bridgehead atoms. The lowest BCUT2D eigenvalue weighted by Gasteiger charge is -2.07. The van der Waals surface area contributed by atoms with Crippen LogP contribution >= 0.6 is 0 Å². The zero-order chi connectivity index (χ0) is 11.2. The fraction of sp³-hybridized carbons (Fsp3) is 0. The highest BCUT2D eigenvalue weighted by Crippen LogP contribution is 2.36. The Morgan fingerprint density at radius 2 is 1.71 bits per heavy atom.